The van der Waals surface area contributed by atoms with Crippen molar-refractivity contribution >= 4 is 0 Å². The Hall–Kier alpha value is -1.75. The fourth-order valence-electron chi connectivity index (χ4n) is 1.36. The van der Waals surface area contributed by atoms with Crippen molar-refractivity contribution in [2.24, 2.45) is 11.7 Å². The molecular formula is C11H15N5. The van der Waals surface area contributed by atoms with E-state index >= 15 is 0 Å². The zero-order valence-electron chi connectivity index (χ0n) is 9.38. The predicted molar refractivity (Wildman–Crippen MR) is 61.4 cm³/mol. The summed E-state index contributed by atoms with van der Waals surface area (Å²) >= 11 is 0. The van der Waals surface area contributed by atoms with E-state index in [2.05, 4.69) is 34.0 Å². The van der Waals surface area contributed by atoms with E-state index in [1.54, 1.807) is 12.4 Å². The first-order valence-electron chi connectivity index (χ1n) is 5.26. The van der Waals surface area contributed by atoms with Crippen molar-refractivity contribution in [1.29, 1.82) is 0 Å². The van der Waals surface area contributed by atoms with Crippen LogP contribution in [0.15, 0.2) is 24.5 Å². The summed E-state index contributed by atoms with van der Waals surface area (Å²) in [6.45, 7) is 4.11. The third-order valence-corrected chi connectivity index (χ3v) is 2.46. The molecule has 3 N–H and O–H groups in total. The van der Waals surface area contributed by atoms with Gasteiger partial charge >= 0.3 is 0 Å². The van der Waals surface area contributed by atoms with Gasteiger partial charge in [0.2, 0.25) is 0 Å². The van der Waals surface area contributed by atoms with E-state index in [0.717, 1.165) is 5.56 Å². The quantitative estimate of drug-likeness (QED) is 0.816. The summed E-state index contributed by atoms with van der Waals surface area (Å²) in [5, 5.41) is 7.01. The molecule has 5 nitrogen and oxygen atoms in total. The molecule has 0 fully saturated rings. The first-order valence-corrected chi connectivity index (χ1v) is 5.26. The summed E-state index contributed by atoms with van der Waals surface area (Å²) in [5.74, 6) is 1.68. The first-order chi connectivity index (χ1) is 7.68. The van der Waals surface area contributed by atoms with Crippen molar-refractivity contribution in [3.8, 4) is 11.4 Å². The zero-order valence-corrected chi connectivity index (χ0v) is 9.38. The van der Waals surface area contributed by atoms with Crippen LogP contribution in [0.3, 0.4) is 0 Å². The van der Waals surface area contributed by atoms with Crippen LogP contribution >= 0.6 is 0 Å². The Morgan fingerprint density at radius 1 is 1.38 bits per heavy atom. The molecule has 1 atom stereocenters. The first kappa shape index (κ1) is 10.8. The number of nitrogens with one attached hydrogen (secondary N) is 1. The number of hydrogen-bond donors (Lipinski definition) is 2. The highest BCUT2D eigenvalue weighted by molar-refractivity contribution is 5.52. The molecule has 0 aliphatic rings. The lowest BCUT2D eigenvalue weighted by atomic mass is 10.1. The number of pyridine rings is 1. The maximum absolute atomic E-state index is 5.98. The maximum atomic E-state index is 5.98. The van der Waals surface area contributed by atoms with Crippen molar-refractivity contribution in [2.45, 2.75) is 19.9 Å². The Bertz CT molecular complexity index is 448. The van der Waals surface area contributed by atoms with E-state index in [1.807, 2.05) is 12.1 Å². The molecule has 0 aliphatic carbocycles. The van der Waals surface area contributed by atoms with Crippen LogP contribution in [0.1, 0.15) is 25.7 Å². The van der Waals surface area contributed by atoms with E-state index in [9.17, 15) is 0 Å². The second-order valence-electron chi connectivity index (χ2n) is 4.06. The average molecular weight is 217 g/mol. The van der Waals surface area contributed by atoms with Gasteiger partial charge in [-0.2, -0.15) is 5.10 Å². The molecule has 0 aliphatic heterocycles. The minimum atomic E-state index is -0.113. The number of hydrogen-bond acceptors (Lipinski definition) is 4. The summed E-state index contributed by atoms with van der Waals surface area (Å²) < 4.78 is 0. The van der Waals surface area contributed by atoms with Gasteiger partial charge in [0.05, 0.1) is 6.04 Å². The summed E-state index contributed by atoms with van der Waals surface area (Å²) in [6, 6.07) is 3.66. The minimum Gasteiger partial charge on any atom is -0.321 e. The lowest BCUT2D eigenvalue weighted by Crippen LogP contribution is -2.18. The topological polar surface area (TPSA) is 80.5 Å². The number of rotatable bonds is 3. The van der Waals surface area contributed by atoms with E-state index < -0.39 is 0 Å². The standard InChI is InChI=1S/C11H15N5/c1-7(2)9(12)11-14-10(15-16-11)8-4-3-5-13-6-8/h3-7,9H,12H2,1-2H3,(H,14,15,16)/t9-/m0/s1. The Morgan fingerprint density at radius 2 is 2.19 bits per heavy atom. The molecule has 0 saturated heterocycles. The van der Waals surface area contributed by atoms with Gasteiger partial charge in [-0.05, 0) is 18.1 Å². The van der Waals surface area contributed by atoms with Crippen LogP contribution in [0.25, 0.3) is 11.4 Å². The summed E-state index contributed by atoms with van der Waals surface area (Å²) in [7, 11) is 0. The monoisotopic (exact) mass is 217 g/mol. The van der Waals surface area contributed by atoms with Crippen LogP contribution in [0, 0.1) is 5.92 Å². The van der Waals surface area contributed by atoms with Crippen LogP contribution in [0.5, 0.6) is 0 Å². The highest BCUT2D eigenvalue weighted by atomic mass is 15.2. The third-order valence-electron chi connectivity index (χ3n) is 2.46. The van der Waals surface area contributed by atoms with Gasteiger partial charge < -0.3 is 5.73 Å². The second-order valence-corrected chi connectivity index (χ2v) is 4.06. The molecule has 16 heavy (non-hydrogen) atoms. The number of nitrogens with two attached hydrogens (primary N) is 1. The molecule has 2 heterocycles. The highest BCUT2D eigenvalue weighted by Crippen LogP contribution is 2.18. The Kier molecular flexibility index (Phi) is 2.96. The Balaban J connectivity index is 2.27. The molecule has 2 rings (SSSR count). The number of aromatic amines is 1. The molecule has 0 spiro atoms. The summed E-state index contributed by atoms with van der Waals surface area (Å²) in [4.78, 5) is 8.40. The van der Waals surface area contributed by atoms with Crippen LogP contribution in [0.2, 0.25) is 0 Å². The molecule has 0 unspecified atom stereocenters. The normalized spacial score (nSPS) is 13.0. The fourth-order valence-corrected chi connectivity index (χ4v) is 1.36. The molecule has 84 valence electrons. The molecule has 0 saturated carbocycles. The lowest BCUT2D eigenvalue weighted by molar-refractivity contribution is 0.492. The summed E-state index contributed by atoms with van der Waals surface area (Å²) in [6.07, 6.45) is 3.45. The van der Waals surface area contributed by atoms with Gasteiger partial charge in [0.25, 0.3) is 0 Å². The predicted octanol–water partition coefficient (Wildman–Crippen LogP) is 1.52. The Morgan fingerprint density at radius 3 is 2.81 bits per heavy atom. The molecular weight excluding hydrogens is 202 g/mol. The van der Waals surface area contributed by atoms with Gasteiger partial charge in [-0.3, -0.25) is 10.1 Å². The molecule has 0 aromatic carbocycles. The fraction of sp³-hybridized carbons (Fsp3) is 0.364. The average Bonchev–Trinajstić information content (AvgIpc) is 2.78. The molecule has 0 bridgehead atoms. The Labute approximate surface area is 94.1 Å². The zero-order chi connectivity index (χ0) is 11.5. The molecule has 2 aromatic heterocycles. The summed E-state index contributed by atoms with van der Waals surface area (Å²) in [5.41, 5.74) is 6.87. The van der Waals surface area contributed by atoms with Gasteiger partial charge in [-0.1, -0.05) is 13.8 Å². The van der Waals surface area contributed by atoms with E-state index in [1.165, 1.54) is 0 Å². The van der Waals surface area contributed by atoms with Gasteiger partial charge in [-0.25, -0.2) is 4.98 Å². The molecule has 0 amide bonds. The maximum Gasteiger partial charge on any atom is 0.182 e. The second kappa shape index (κ2) is 4.40. The third kappa shape index (κ3) is 2.09. The van der Waals surface area contributed by atoms with Crippen LogP contribution in [-0.2, 0) is 0 Å². The van der Waals surface area contributed by atoms with Crippen molar-refractivity contribution < 1.29 is 0 Å². The minimum absolute atomic E-state index is 0.113. The SMILES string of the molecule is CC(C)[C@H](N)c1nc(-c2cccnc2)n[nH]1. The van der Waals surface area contributed by atoms with Crippen molar-refractivity contribution in [3.05, 3.63) is 30.4 Å². The molecule has 5 heteroatoms. The van der Waals surface area contributed by atoms with E-state index in [-0.39, 0.29) is 6.04 Å². The van der Waals surface area contributed by atoms with Crippen molar-refractivity contribution in [3.63, 3.8) is 0 Å². The van der Waals surface area contributed by atoms with Gasteiger partial charge in [-0.15, -0.1) is 0 Å². The van der Waals surface area contributed by atoms with Gasteiger partial charge in [0.15, 0.2) is 5.82 Å². The van der Waals surface area contributed by atoms with Crippen molar-refractivity contribution in [1.82, 2.24) is 20.2 Å². The van der Waals surface area contributed by atoms with Crippen LogP contribution in [-0.4, -0.2) is 20.2 Å². The van der Waals surface area contributed by atoms with Crippen LogP contribution in [0.4, 0.5) is 0 Å². The van der Waals surface area contributed by atoms with E-state index in [0.29, 0.717) is 17.6 Å². The molecule has 2 aromatic rings. The molecule has 0 radical (unpaired) electrons. The van der Waals surface area contributed by atoms with Gasteiger partial charge in [0.1, 0.15) is 5.82 Å². The number of aromatic nitrogens is 4. The lowest BCUT2D eigenvalue weighted by Gasteiger charge is -2.10. The van der Waals surface area contributed by atoms with Crippen molar-refractivity contribution in [2.75, 3.05) is 0 Å². The number of nitrogens with zero attached hydrogens (tertiary/aromatic N) is 3. The smallest absolute Gasteiger partial charge is 0.182 e. The number of H-pyrrole nitrogens is 1. The largest absolute Gasteiger partial charge is 0.321 e. The van der Waals surface area contributed by atoms with E-state index in [4.69, 9.17) is 5.73 Å². The van der Waals surface area contributed by atoms with Crippen LogP contribution < -0.4 is 5.73 Å². The highest BCUT2D eigenvalue weighted by Gasteiger charge is 2.15. The van der Waals surface area contributed by atoms with Gasteiger partial charge in [0, 0.05) is 18.0 Å².